The Balaban J connectivity index is 2.27. The maximum Gasteiger partial charge on any atom is 0.280 e. The van der Waals surface area contributed by atoms with Crippen molar-refractivity contribution in [2.24, 2.45) is 5.73 Å². The van der Waals surface area contributed by atoms with Crippen LogP contribution in [0, 0.1) is 0 Å². The average molecular weight is 315 g/mol. The van der Waals surface area contributed by atoms with Gasteiger partial charge in [0.05, 0.1) is 11.9 Å². The van der Waals surface area contributed by atoms with Crippen LogP contribution in [0.3, 0.4) is 0 Å². The van der Waals surface area contributed by atoms with Crippen LogP contribution in [0.5, 0.6) is 0 Å². The highest BCUT2D eigenvalue weighted by Gasteiger charge is 2.23. The van der Waals surface area contributed by atoms with E-state index in [1.54, 1.807) is 0 Å². The molecule has 20 heavy (non-hydrogen) atoms. The first-order valence-electron chi connectivity index (χ1n) is 5.95. The lowest BCUT2D eigenvalue weighted by atomic mass is 9.93. The smallest absolute Gasteiger partial charge is 0.280 e. The van der Waals surface area contributed by atoms with Crippen LogP contribution in [-0.2, 0) is 22.0 Å². The molecule has 0 amide bonds. The summed E-state index contributed by atoms with van der Waals surface area (Å²) in [5, 5.41) is 8.30. The number of hydrogen-bond acceptors (Lipinski definition) is 6. The van der Waals surface area contributed by atoms with Crippen molar-refractivity contribution in [1.29, 1.82) is 0 Å². The molecule has 0 aromatic carbocycles. The largest absolute Gasteiger partial charge is 0.326 e. The summed E-state index contributed by atoms with van der Waals surface area (Å²) in [5.41, 5.74) is 6.62. The highest BCUT2D eigenvalue weighted by Crippen LogP contribution is 2.27. The van der Waals surface area contributed by atoms with Crippen molar-refractivity contribution in [3.8, 4) is 0 Å². The van der Waals surface area contributed by atoms with Gasteiger partial charge in [-0.25, -0.2) is 4.98 Å². The minimum Gasteiger partial charge on any atom is -0.326 e. The van der Waals surface area contributed by atoms with Crippen molar-refractivity contribution in [1.82, 2.24) is 15.2 Å². The molecule has 0 aliphatic rings. The van der Waals surface area contributed by atoms with Gasteiger partial charge in [0, 0.05) is 22.9 Å². The van der Waals surface area contributed by atoms with Gasteiger partial charge in [-0.1, -0.05) is 20.8 Å². The number of thiazole rings is 1. The standard InChI is InChI=1S/C11H17N5O2S2/c1-11(2,3)8-6-19-10(14-8)16-20(17,18)9-7(4-12)5-13-15-9/h5-6H,4,12H2,1-3H3,(H,13,15)(H,14,16). The molecular formula is C11H17N5O2S2. The molecule has 0 aliphatic carbocycles. The Labute approximate surface area is 121 Å². The summed E-state index contributed by atoms with van der Waals surface area (Å²) in [6.45, 7) is 6.14. The Bertz CT molecular complexity index is 696. The number of H-pyrrole nitrogens is 1. The molecule has 0 saturated heterocycles. The predicted molar refractivity (Wildman–Crippen MR) is 78.1 cm³/mol. The number of nitrogens with one attached hydrogen (secondary N) is 2. The number of aromatic amines is 1. The lowest BCUT2D eigenvalue weighted by Crippen LogP contribution is -2.17. The Morgan fingerprint density at radius 1 is 1.45 bits per heavy atom. The van der Waals surface area contributed by atoms with Crippen LogP contribution in [0.25, 0.3) is 0 Å². The molecule has 110 valence electrons. The fraction of sp³-hybridized carbons (Fsp3) is 0.455. The molecule has 0 fully saturated rings. The van der Waals surface area contributed by atoms with E-state index in [0.717, 1.165) is 5.69 Å². The lowest BCUT2D eigenvalue weighted by Gasteiger charge is -2.14. The highest BCUT2D eigenvalue weighted by atomic mass is 32.2. The van der Waals surface area contributed by atoms with E-state index in [4.69, 9.17) is 5.73 Å². The van der Waals surface area contributed by atoms with E-state index in [1.807, 2.05) is 26.2 Å². The first-order valence-corrected chi connectivity index (χ1v) is 8.31. The van der Waals surface area contributed by atoms with Crippen molar-refractivity contribution >= 4 is 26.5 Å². The third-order valence-electron chi connectivity index (χ3n) is 2.66. The number of nitrogens with zero attached hydrogens (tertiary/aromatic N) is 2. The molecule has 9 heteroatoms. The second-order valence-corrected chi connectivity index (χ2v) is 7.80. The topological polar surface area (TPSA) is 114 Å². The van der Waals surface area contributed by atoms with Crippen molar-refractivity contribution in [2.75, 3.05) is 4.72 Å². The molecular weight excluding hydrogens is 298 g/mol. The third kappa shape index (κ3) is 3.00. The van der Waals surface area contributed by atoms with Crippen LogP contribution in [-0.4, -0.2) is 23.6 Å². The average Bonchev–Trinajstić information content (AvgIpc) is 2.94. The van der Waals surface area contributed by atoms with Gasteiger partial charge < -0.3 is 5.73 Å². The van der Waals surface area contributed by atoms with Crippen LogP contribution in [0.4, 0.5) is 5.13 Å². The van der Waals surface area contributed by atoms with Crippen molar-refractivity contribution in [3.05, 3.63) is 22.8 Å². The monoisotopic (exact) mass is 315 g/mol. The third-order valence-corrected chi connectivity index (χ3v) is 4.90. The van der Waals surface area contributed by atoms with Crippen molar-refractivity contribution in [2.45, 2.75) is 37.8 Å². The molecule has 4 N–H and O–H groups in total. The molecule has 0 aliphatic heterocycles. The van der Waals surface area contributed by atoms with E-state index in [1.165, 1.54) is 17.5 Å². The second kappa shape index (κ2) is 5.15. The van der Waals surface area contributed by atoms with E-state index in [0.29, 0.717) is 10.7 Å². The van der Waals surface area contributed by atoms with E-state index in [-0.39, 0.29) is 17.0 Å². The highest BCUT2D eigenvalue weighted by molar-refractivity contribution is 7.92. The lowest BCUT2D eigenvalue weighted by molar-refractivity contribution is 0.573. The summed E-state index contributed by atoms with van der Waals surface area (Å²) in [4.78, 5) is 4.29. The molecule has 0 bridgehead atoms. The number of anilines is 1. The number of aromatic nitrogens is 3. The quantitative estimate of drug-likeness (QED) is 0.789. The number of nitrogens with two attached hydrogens (primary N) is 1. The minimum atomic E-state index is -3.75. The maximum atomic E-state index is 12.2. The first-order chi connectivity index (χ1) is 9.24. The molecule has 2 rings (SSSR count). The minimum absolute atomic E-state index is 0.0208. The van der Waals surface area contributed by atoms with Gasteiger partial charge in [0.2, 0.25) is 0 Å². The molecule has 0 radical (unpaired) electrons. The first kappa shape index (κ1) is 14.9. The summed E-state index contributed by atoms with van der Waals surface area (Å²) in [6.07, 6.45) is 1.40. The normalized spacial score (nSPS) is 12.6. The zero-order chi connectivity index (χ0) is 15.0. The van der Waals surface area contributed by atoms with Gasteiger partial charge in [0.25, 0.3) is 10.0 Å². The Morgan fingerprint density at radius 2 is 2.15 bits per heavy atom. The second-order valence-electron chi connectivity index (χ2n) is 5.32. The van der Waals surface area contributed by atoms with Crippen LogP contribution < -0.4 is 10.5 Å². The van der Waals surface area contributed by atoms with Gasteiger partial charge in [-0.2, -0.15) is 13.5 Å². The molecule has 2 aromatic rings. The van der Waals surface area contributed by atoms with Gasteiger partial charge in [0.15, 0.2) is 10.2 Å². The van der Waals surface area contributed by atoms with E-state index in [9.17, 15) is 8.42 Å². The SMILES string of the molecule is CC(C)(C)c1csc(NS(=O)(=O)c2[nH]ncc2CN)n1. The van der Waals surface area contributed by atoms with Gasteiger partial charge in [-0.3, -0.25) is 9.82 Å². The molecule has 7 nitrogen and oxygen atoms in total. The Morgan fingerprint density at radius 3 is 2.70 bits per heavy atom. The van der Waals surface area contributed by atoms with Gasteiger partial charge in [0.1, 0.15) is 0 Å². The summed E-state index contributed by atoms with van der Waals surface area (Å²) < 4.78 is 26.9. The van der Waals surface area contributed by atoms with Crippen molar-refractivity contribution in [3.63, 3.8) is 0 Å². The zero-order valence-corrected chi connectivity index (χ0v) is 13.1. The molecule has 2 heterocycles. The maximum absolute atomic E-state index is 12.2. The van der Waals surface area contributed by atoms with Gasteiger partial charge in [-0.15, -0.1) is 11.3 Å². The summed E-state index contributed by atoms with van der Waals surface area (Å²) >= 11 is 1.25. The number of hydrogen-bond donors (Lipinski definition) is 3. The zero-order valence-electron chi connectivity index (χ0n) is 11.5. The summed E-state index contributed by atoms with van der Waals surface area (Å²) in [7, 11) is -3.75. The predicted octanol–water partition coefficient (Wildman–Crippen LogP) is 1.42. The molecule has 0 saturated carbocycles. The van der Waals surface area contributed by atoms with Crippen LogP contribution in [0.2, 0.25) is 0 Å². The molecule has 0 atom stereocenters. The number of sulfonamides is 1. The fourth-order valence-electron chi connectivity index (χ4n) is 1.51. The van der Waals surface area contributed by atoms with Crippen LogP contribution in [0.15, 0.2) is 16.6 Å². The van der Waals surface area contributed by atoms with Gasteiger partial charge in [-0.05, 0) is 0 Å². The van der Waals surface area contributed by atoms with Crippen LogP contribution in [0.1, 0.15) is 32.0 Å². The van der Waals surface area contributed by atoms with E-state index < -0.39 is 10.0 Å². The fourth-order valence-corrected chi connectivity index (χ4v) is 3.84. The molecule has 0 spiro atoms. The number of rotatable bonds is 4. The van der Waals surface area contributed by atoms with E-state index >= 15 is 0 Å². The summed E-state index contributed by atoms with van der Waals surface area (Å²) in [6, 6.07) is 0. The van der Waals surface area contributed by atoms with Crippen molar-refractivity contribution < 1.29 is 8.42 Å². The Kier molecular flexibility index (Phi) is 3.85. The van der Waals surface area contributed by atoms with E-state index in [2.05, 4.69) is 19.9 Å². The molecule has 0 unspecified atom stereocenters. The summed E-state index contributed by atoms with van der Waals surface area (Å²) in [5.74, 6) is 0. The van der Waals surface area contributed by atoms with Gasteiger partial charge >= 0.3 is 0 Å². The Hall–Kier alpha value is -1.45. The molecule has 2 aromatic heterocycles. The van der Waals surface area contributed by atoms with Crippen LogP contribution >= 0.6 is 11.3 Å².